The lowest BCUT2D eigenvalue weighted by atomic mass is 9.90. The molecule has 0 aliphatic heterocycles. The topological polar surface area (TPSA) is 38.4 Å². The number of benzene rings is 1. The Morgan fingerprint density at radius 1 is 0.786 bits per heavy atom. The third-order valence-corrected chi connectivity index (χ3v) is 3.26. The molecule has 0 unspecified atom stereocenters. The molecule has 0 bridgehead atoms. The number of hydrogen-bond donors (Lipinski definition) is 1. The van der Waals surface area contributed by atoms with Crippen LogP contribution >= 0.6 is 0 Å². The molecule has 2 heteroatoms. The van der Waals surface area contributed by atoms with Gasteiger partial charge in [-0.05, 0) is 62.4 Å². The van der Waals surface area contributed by atoms with Crippen molar-refractivity contribution in [2.24, 2.45) is 10.9 Å². The first kappa shape index (κ1) is 10.8. The molecule has 0 spiro atoms. The third kappa shape index (κ3) is 1.52. The van der Waals surface area contributed by atoms with Crippen LogP contribution in [0.1, 0.15) is 33.4 Å². The standard InChI is InChI=1S/C12H18N2/c1-7-8(2)10(4)12(6-14-13)11(5)9(7)3/h6H,13H2,1-5H3/b14-6+. The molecule has 1 aromatic carbocycles. The van der Waals surface area contributed by atoms with E-state index in [1.54, 1.807) is 6.21 Å². The van der Waals surface area contributed by atoms with Crippen molar-refractivity contribution in [3.05, 3.63) is 33.4 Å². The minimum atomic E-state index is 1.16. The van der Waals surface area contributed by atoms with E-state index in [4.69, 9.17) is 5.84 Å². The maximum absolute atomic E-state index is 5.21. The smallest absolute Gasteiger partial charge is 0.0543 e. The Hall–Kier alpha value is -1.31. The van der Waals surface area contributed by atoms with Crippen molar-refractivity contribution >= 4 is 6.21 Å². The number of hydrazone groups is 1. The molecule has 0 aliphatic rings. The second-order valence-corrected chi connectivity index (χ2v) is 3.82. The SMILES string of the molecule is Cc1c(C)c(C)c(/C=N/N)c(C)c1C. The number of nitrogens with zero attached hydrogens (tertiary/aromatic N) is 1. The highest BCUT2D eigenvalue weighted by Gasteiger charge is 2.09. The number of nitrogens with two attached hydrogens (primary N) is 1. The molecule has 1 rings (SSSR count). The van der Waals surface area contributed by atoms with Crippen LogP contribution in [-0.2, 0) is 0 Å². The van der Waals surface area contributed by atoms with Gasteiger partial charge in [0, 0.05) is 5.56 Å². The van der Waals surface area contributed by atoms with Gasteiger partial charge in [0.25, 0.3) is 0 Å². The Kier molecular flexibility index (Phi) is 2.94. The maximum Gasteiger partial charge on any atom is 0.0543 e. The average molecular weight is 190 g/mol. The zero-order chi connectivity index (χ0) is 10.9. The van der Waals surface area contributed by atoms with E-state index in [2.05, 4.69) is 39.7 Å². The van der Waals surface area contributed by atoms with Gasteiger partial charge in [-0.25, -0.2) is 0 Å². The highest BCUT2D eigenvalue weighted by molar-refractivity contribution is 5.85. The van der Waals surface area contributed by atoms with Gasteiger partial charge in [-0.3, -0.25) is 0 Å². The summed E-state index contributed by atoms with van der Waals surface area (Å²) in [6.45, 7) is 10.7. The van der Waals surface area contributed by atoms with Crippen molar-refractivity contribution in [2.75, 3.05) is 0 Å². The van der Waals surface area contributed by atoms with Gasteiger partial charge in [0.15, 0.2) is 0 Å². The molecule has 0 radical (unpaired) electrons. The normalized spacial score (nSPS) is 11.2. The van der Waals surface area contributed by atoms with Gasteiger partial charge in [0.05, 0.1) is 6.21 Å². The summed E-state index contributed by atoms with van der Waals surface area (Å²) in [5.41, 5.74) is 7.76. The first-order valence-electron chi connectivity index (χ1n) is 4.81. The van der Waals surface area contributed by atoms with Crippen molar-refractivity contribution in [1.82, 2.24) is 0 Å². The van der Waals surface area contributed by atoms with Gasteiger partial charge in [-0.15, -0.1) is 0 Å². The minimum absolute atomic E-state index is 1.16. The number of hydrogen-bond acceptors (Lipinski definition) is 2. The Labute approximate surface area is 85.8 Å². The van der Waals surface area contributed by atoms with Gasteiger partial charge in [-0.2, -0.15) is 5.10 Å². The Balaban J connectivity index is 3.59. The van der Waals surface area contributed by atoms with Gasteiger partial charge < -0.3 is 5.84 Å². The van der Waals surface area contributed by atoms with Crippen LogP contribution in [-0.4, -0.2) is 6.21 Å². The monoisotopic (exact) mass is 190 g/mol. The number of rotatable bonds is 1. The molecule has 0 aliphatic carbocycles. The second kappa shape index (κ2) is 3.82. The molecule has 76 valence electrons. The summed E-state index contributed by atoms with van der Waals surface area (Å²) >= 11 is 0. The lowest BCUT2D eigenvalue weighted by molar-refractivity contribution is 1.16. The van der Waals surface area contributed by atoms with E-state index < -0.39 is 0 Å². The molecule has 1 aromatic rings. The fourth-order valence-corrected chi connectivity index (χ4v) is 1.80. The first-order chi connectivity index (χ1) is 6.50. The van der Waals surface area contributed by atoms with E-state index in [1.165, 1.54) is 27.8 Å². The Bertz CT molecular complexity index is 361. The predicted octanol–water partition coefficient (Wildman–Crippen LogP) is 2.52. The summed E-state index contributed by atoms with van der Waals surface area (Å²) in [7, 11) is 0. The van der Waals surface area contributed by atoms with Gasteiger partial charge in [0.1, 0.15) is 0 Å². The maximum atomic E-state index is 5.21. The summed E-state index contributed by atoms with van der Waals surface area (Å²) in [6, 6.07) is 0. The Morgan fingerprint density at radius 2 is 1.14 bits per heavy atom. The molecule has 2 nitrogen and oxygen atoms in total. The van der Waals surface area contributed by atoms with E-state index in [-0.39, 0.29) is 0 Å². The van der Waals surface area contributed by atoms with Crippen LogP contribution in [0.2, 0.25) is 0 Å². The lowest BCUT2D eigenvalue weighted by Gasteiger charge is -2.15. The highest BCUT2D eigenvalue weighted by Crippen LogP contribution is 2.24. The Morgan fingerprint density at radius 3 is 1.50 bits per heavy atom. The first-order valence-corrected chi connectivity index (χ1v) is 4.81. The summed E-state index contributed by atoms with van der Waals surface area (Å²) < 4.78 is 0. The fraction of sp³-hybridized carbons (Fsp3) is 0.417. The molecule has 0 fully saturated rings. The third-order valence-electron chi connectivity index (χ3n) is 3.26. The highest BCUT2D eigenvalue weighted by atomic mass is 15.1. The molecule has 2 N–H and O–H groups in total. The van der Waals surface area contributed by atoms with Crippen molar-refractivity contribution in [2.45, 2.75) is 34.6 Å². The van der Waals surface area contributed by atoms with E-state index in [0.29, 0.717) is 0 Å². The van der Waals surface area contributed by atoms with E-state index in [1.807, 2.05) is 0 Å². The van der Waals surface area contributed by atoms with Crippen LogP contribution < -0.4 is 5.84 Å². The molecule has 14 heavy (non-hydrogen) atoms. The summed E-state index contributed by atoms with van der Waals surface area (Å²) in [6.07, 6.45) is 1.74. The molecular weight excluding hydrogens is 172 g/mol. The van der Waals surface area contributed by atoms with Gasteiger partial charge >= 0.3 is 0 Å². The van der Waals surface area contributed by atoms with E-state index in [0.717, 1.165) is 5.56 Å². The molecule has 0 amide bonds. The molecule has 0 aromatic heterocycles. The molecular formula is C12H18N2. The van der Waals surface area contributed by atoms with Gasteiger partial charge in [0.2, 0.25) is 0 Å². The van der Waals surface area contributed by atoms with Crippen LogP contribution in [0.15, 0.2) is 5.10 Å². The van der Waals surface area contributed by atoms with Crippen LogP contribution in [0, 0.1) is 34.6 Å². The van der Waals surface area contributed by atoms with Crippen LogP contribution in [0.3, 0.4) is 0 Å². The van der Waals surface area contributed by atoms with Crippen LogP contribution in [0.4, 0.5) is 0 Å². The summed E-state index contributed by atoms with van der Waals surface area (Å²) in [5.74, 6) is 5.21. The lowest BCUT2D eigenvalue weighted by Crippen LogP contribution is -2.02. The van der Waals surface area contributed by atoms with Crippen LogP contribution in [0.5, 0.6) is 0 Å². The summed E-state index contributed by atoms with van der Waals surface area (Å²) in [5, 5.41) is 3.61. The zero-order valence-electron chi connectivity index (χ0n) is 9.60. The molecule has 0 saturated carbocycles. The van der Waals surface area contributed by atoms with E-state index in [9.17, 15) is 0 Å². The largest absolute Gasteiger partial charge is 0.323 e. The van der Waals surface area contributed by atoms with Gasteiger partial charge in [-0.1, -0.05) is 0 Å². The average Bonchev–Trinajstić information content (AvgIpc) is 2.19. The molecule has 0 atom stereocenters. The summed E-state index contributed by atoms with van der Waals surface area (Å²) in [4.78, 5) is 0. The second-order valence-electron chi connectivity index (χ2n) is 3.82. The predicted molar refractivity (Wildman–Crippen MR) is 61.9 cm³/mol. The van der Waals surface area contributed by atoms with Crippen molar-refractivity contribution < 1.29 is 0 Å². The van der Waals surface area contributed by atoms with Crippen LogP contribution in [0.25, 0.3) is 0 Å². The fourth-order valence-electron chi connectivity index (χ4n) is 1.80. The quantitative estimate of drug-likeness (QED) is 0.412. The van der Waals surface area contributed by atoms with Crippen molar-refractivity contribution in [1.29, 1.82) is 0 Å². The van der Waals surface area contributed by atoms with Crippen molar-refractivity contribution in [3.8, 4) is 0 Å². The zero-order valence-corrected chi connectivity index (χ0v) is 9.60. The van der Waals surface area contributed by atoms with E-state index >= 15 is 0 Å². The minimum Gasteiger partial charge on any atom is -0.323 e. The van der Waals surface area contributed by atoms with Crippen molar-refractivity contribution in [3.63, 3.8) is 0 Å². The molecule has 0 heterocycles. The molecule has 0 saturated heterocycles.